The van der Waals surface area contributed by atoms with Crippen molar-refractivity contribution in [3.63, 3.8) is 0 Å². The second-order valence-corrected chi connectivity index (χ2v) is 12.5. The lowest BCUT2D eigenvalue weighted by molar-refractivity contribution is -0.117. The first-order valence-corrected chi connectivity index (χ1v) is 15.1. The van der Waals surface area contributed by atoms with Crippen LogP contribution in [0.2, 0.25) is 0 Å². The van der Waals surface area contributed by atoms with E-state index in [1.54, 1.807) is 18.3 Å². The zero-order valence-electron chi connectivity index (χ0n) is 24.4. The van der Waals surface area contributed by atoms with Gasteiger partial charge in [-0.3, -0.25) is 14.4 Å². The number of fused-ring (bicyclic) bond motifs is 2. The number of hydrogen-bond acceptors (Lipinski definition) is 10. The van der Waals surface area contributed by atoms with Crippen LogP contribution in [-0.4, -0.2) is 111 Å². The molecule has 2 aliphatic heterocycles. The number of piperazine rings is 1. The largest absolute Gasteiger partial charge is 0.494 e. The Balaban J connectivity index is 1.29. The minimum atomic E-state index is -2.00. The van der Waals surface area contributed by atoms with Crippen LogP contribution < -0.4 is 20.7 Å². The molecule has 3 amide bonds. The maximum atomic E-state index is 13.6. The highest BCUT2D eigenvalue weighted by Crippen LogP contribution is 2.41. The topological polar surface area (TPSA) is 142 Å². The van der Waals surface area contributed by atoms with Crippen molar-refractivity contribution in [1.82, 2.24) is 30.3 Å². The first kappa shape index (κ1) is 30.1. The normalized spacial score (nSPS) is 19.8. The predicted octanol–water partition coefficient (Wildman–Crippen LogP) is 1.47. The third-order valence-corrected chi connectivity index (χ3v) is 8.89. The number of nitrogens with one attached hydrogen (secondary N) is 3. The van der Waals surface area contributed by atoms with Crippen molar-refractivity contribution in [3.05, 3.63) is 41.0 Å². The van der Waals surface area contributed by atoms with Crippen molar-refractivity contribution < 1.29 is 19.1 Å². The quantitative estimate of drug-likeness (QED) is 0.309. The van der Waals surface area contributed by atoms with Crippen LogP contribution in [0.25, 0.3) is 10.6 Å². The molecule has 12 nitrogen and oxygen atoms in total. The minimum absolute atomic E-state index is 0.00216. The molecular formula is C28H29B3N8O4S. The Hall–Kier alpha value is -3.91. The highest BCUT2D eigenvalue weighted by Gasteiger charge is 2.42. The molecule has 3 aliphatic rings. The van der Waals surface area contributed by atoms with Gasteiger partial charge in [-0.1, -0.05) is 11.3 Å². The number of para-hydroxylation sites is 1. The van der Waals surface area contributed by atoms with Crippen molar-refractivity contribution >= 4 is 69.8 Å². The molecule has 3 aromatic rings. The minimum Gasteiger partial charge on any atom is -0.494 e. The van der Waals surface area contributed by atoms with Crippen molar-refractivity contribution in [2.45, 2.75) is 43.0 Å². The number of hydrogen-bond donors (Lipinski definition) is 3. The van der Waals surface area contributed by atoms with Gasteiger partial charge in [0.2, 0.25) is 5.91 Å². The molecule has 16 heteroatoms. The molecule has 2 aromatic heterocycles. The van der Waals surface area contributed by atoms with Crippen molar-refractivity contribution in [2.75, 3.05) is 37.9 Å². The van der Waals surface area contributed by atoms with E-state index in [0.29, 0.717) is 26.9 Å². The number of amides is 3. The zero-order valence-corrected chi connectivity index (χ0v) is 25.2. The zero-order chi connectivity index (χ0) is 31.2. The summed E-state index contributed by atoms with van der Waals surface area (Å²) in [6, 6.07) is 7.26. The van der Waals surface area contributed by atoms with Crippen LogP contribution >= 0.6 is 11.3 Å². The van der Waals surface area contributed by atoms with Crippen LogP contribution in [0.4, 0.5) is 17.2 Å². The highest BCUT2D eigenvalue weighted by molar-refractivity contribution is 7.17. The molecule has 2 bridgehead atoms. The van der Waals surface area contributed by atoms with Gasteiger partial charge >= 0.3 is 0 Å². The van der Waals surface area contributed by atoms with E-state index in [4.69, 9.17) is 28.3 Å². The van der Waals surface area contributed by atoms with E-state index in [1.165, 1.54) is 24.5 Å². The molecule has 2 saturated heterocycles. The third-order valence-electron chi connectivity index (χ3n) is 7.87. The molecule has 2 atom stereocenters. The molecule has 220 valence electrons. The van der Waals surface area contributed by atoms with Crippen LogP contribution in [0.15, 0.2) is 30.5 Å². The van der Waals surface area contributed by atoms with Gasteiger partial charge in [0.15, 0.2) is 17.3 Å². The Kier molecular flexibility index (Phi) is 8.14. The second kappa shape index (κ2) is 11.9. The number of carbonyl (C=O) groups is 3. The van der Waals surface area contributed by atoms with Gasteiger partial charge in [-0.05, 0) is 44.9 Å². The average Bonchev–Trinajstić information content (AvgIpc) is 3.64. The molecule has 6 rings (SSSR count). The standard InChI is InChI=1S/C28H29B3N8O4S/c1-38-12-15-8-9-16(13-38)39(15)27(42)20-11-32-26(44-20)17-4-3-5-18(23(17)43-2)33-19-10-21(34-24(40)14-6-7-14)36-37-22(19)25(41)35-28(29,30)31/h3-5,10-11,14-16H,6-9,12-13H2,1-2H3,(H,35,41)(H2,33,34,36,40). The number of anilines is 3. The summed E-state index contributed by atoms with van der Waals surface area (Å²) in [5.41, 5.74) is 1.12. The van der Waals surface area contributed by atoms with Crippen LogP contribution in [0.3, 0.4) is 0 Å². The molecule has 3 N–H and O–H groups in total. The number of ether oxygens (including phenoxy) is 1. The Morgan fingerprint density at radius 3 is 2.43 bits per heavy atom. The highest BCUT2D eigenvalue weighted by atomic mass is 32.1. The summed E-state index contributed by atoms with van der Waals surface area (Å²) in [7, 11) is 20.3. The molecule has 4 heterocycles. The van der Waals surface area contributed by atoms with E-state index in [0.717, 1.165) is 38.8 Å². The summed E-state index contributed by atoms with van der Waals surface area (Å²) < 4.78 is 5.80. The van der Waals surface area contributed by atoms with Gasteiger partial charge in [0.05, 0.1) is 53.8 Å². The maximum absolute atomic E-state index is 13.6. The number of likely N-dealkylation sites (N-methyl/N-ethyl adjacent to an activating group) is 1. The maximum Gasteiger partial charge on any atom is 0.272 e. The van der Waals surface area contributed by atoms with Crippen molar-refractivity contribution in [2.24, 2.45) is 5.92 Å². The number of aromatic nitrogens is 3. The number of benzene rings is 1. The molecule has 1 saturated carbocycles. The lowest BCUT2D eigenvalue weighted by Gasteiger charge is -2.39. The van der Waals surface area contributed by atoms with Gasteiger partial charge in [0.1, 0.15) is 9.88 Å². The van der Waals surface area contributed by atoms with Crippen molar-refractivity contribution in [3.8, 4) is 16.3 Å². The Labute approximate surface area is 262 Å². The molecule has 6 radical (unpaired) electrons. The fourth-order valence-corrected chi connectivity index (χ4v) is 6.67. The molecule has 0 spiro atoms. The van der Waals surface area contributed by atoms with Gasteiger partial charge in [-0.15, -0.1) is 21.5 Å². The second-order valence-electron chi connectivity index (χ2n) is 11.5. The lowest BCUT2D eigenvalue weighted by Crippen LogP contribution is -2.54. The molecule has 1 aromatic carbocycles. The fourth-order valence-electron chi connectivity index (χ4n) is 5.78. The molecule has 44 heavy (non-hydrogen) atoms. The van der Waals surface area contributed by atoms with Gasteiger partial charge in [-0.2, -0.15) is 0 Å². The van der Waals surface area contributed by atoms with Crippen molar-refractivity contribution in [1.29, 1.82) is 0 Å². The van der Waals surface area contributed by atoms with E-state index in [-0.39, 0.29) is 47.0 Å². The Bertz CT molecular complexity index is 1600. The van der Waals surface area contributed by atoms with E-state index < -0.39 is 11.1 Å². The van der Waals surface area contributed by atoms with Crippen LogP contribution in [0.1, 0.15) is 45.8 Å². The van der Waals surface area contributed by atoms with Gasteiger partial charge < -0.3 is 30.5 Å². The Morgan fingerprint density at radius 1 is 1.05 bits per heavy atom. The summed E-state index contributed by atoms with van der Waals surface area (Å²) >= 11 is 1.30. The summed E-state index contributed by atoms with van der Waals surface area (Å²) in [5.74, 6) is -0.469. The molecular weight excluding hydrogens is 577 g/mol. The number of likely N-dealkylation sites (tertiary alicyclic amines) is 1. The number of nitrogens with zero attached hydrogens (tertiary/aromatic N) is 5. The lowest BCUT2D eigenvalue weighted by atomic mass is 9.49. The Morgan fingerprint density at radius 2 is 1.77 bits per heavy atom. The number of rotatable bonds is 9. The van der Waals surface area contributed by atoms with E-state index in [9.17, 15) is 14.4 Å². The SMILES string of the molecule is [B]C([B])([B])NC(=O)c1nnc(NC(=O)C2CC2)cc1Nc1cccc(-c2ncc(C(=O)N3C4CCC3CN(C)C4)s2)c1OC. The first-order chi connectivity index (χ1) is 21.0. The van der Waals surface area contributed by atoms with Gasteiger partial charge in [-0.25, -0.2) is 4.98 Å². The molecule has 2 unspecified atom stereocenters. The fraction of sp³-hybridized carbons (Fsp3) is 0.429. The summed E-state index contributed by atoms with van der Waals surface area (Å²) in [6.45, 7) is 1.74. The van der Waals surface area contributed by atoms with Crippen LogP contribution in [0, 0.1) is 5.92 Å². The number of methoxy groups -OCH3 is 1. The van der Waals surface area contributed by atoms with E-state index in [2.05, 4.69) is 43.1 Å². The van der Waals surface area contributed by atoms with Crippen LogP contribution in [0.5, 0.6) is 5.75 Å². The summed E-state index contributed by atoms with van der Waals surface area (Å²) in [6.07, 6.45) is 5.24. The summed E-state index contributed by atoms with van der Waals surface area (Å²) in [4.78, 5) is 48.3. The first-order valence-electron chi connectivity index (χ1n) is 14.3. The summed E-state index contributed by atoms with van der Waals surface area (Å²) in [5, 5.41) is 14.7. The number of carbonyl (C=O) groups excluding carboxylic acids is 3. The molecule has 3 fully saturated rings. The monoisotopic (exact) mass is 606 g/mol. The third kappa shape index (κ3) is 6.32. The van der Waals surface area contributed by atoms with Gasteiger partial charge in [0, 0.05) is 37.2 Å². The van der Waals surface area contributed by atoms with Crippen LogP contribution in [-0.2, 0) is 4.79 Å². The average molecular weight is 606 g/mol. The van der Waals surface area contributed by atoms with E-state index >= 15 is 0 Å². The number of thiazole rings is 1. The smallest absolute Gasteiger partial charge is 0.272 e. The van der Waals surface area contributed by atoms with Gasteiger partial charge in [0.25, 0.3) is 11.8 Å². The van der Waals surface area contributed by atoms with E-state index in [1.807, 2.05) is 11.0 Å². The molecule has 1 aliphatic carbocycles. The predicted molar refractivity (Wildman–Crippen MR) is 169 cm³/mol.